The summed E-state index contributed by atoms with van der Waals surface area (Å²) in [5.74, 6) is -18.3. The molecule has 3 saturated heterocycles. The molecule has 3 aromatic heterocycles. The number of carbonyl (C=O) groups excluding carboxylic acids is 17. The Morgan fingerprint density at radius 2 is 1.08 bits per heavy atom. The highest BCUT2D eigenvalue weighted by Gasteiger charge is 2.47. The predicted octanol–water partition coefficient (Wildman–Crippen LogP) is -3.72. The highest BCUT2D eigenvalue weighted by molar-refractivity contribution is 6.02. The maximum atomic E-state index is 15.7. The fourth-order valence-corrected chi connectivity index (χ4v) is 16.4. The van der Waals surface area contributed by atoms with Gasteiger partial charge in [0.05, 0.1) is 38.5 Å². The summed E-state index contributed by atoms with van der Waals surface area (Å²) in [6.45, 7) is 2.90. The molecule has 0 spiro atoms. The van der Waals surface area contributed by atoms with E-state index in [0.717, 1.165) is 24.5 Å². The first-order valence-electron chi connectivity index (χ1n) is 44.4. The van der Waals surface area contributed by atoms with Gasteiger partial charge in [-0.1, -0.05) is 94.5 Å². The van der Waals surface area contributed by atoms with Gasteiger partial charge in [0.2, 0.25) is 100 Å². The summed E-state index contributed by atoms with van der Waals surface area (Å²) in [4.78, 5) is 278. The molecule has 44 heteroatoms. The van der Waals surface area contributed by atoms with Gasteiger partial charge in [0.15, 0.2) is 0 Å². The van der Waals surface area contributed by atoms with Crippen molar-refractivity contribution < 1.29 is 107 Å². The highest BCUT2D eigenvalue weighted by atomic mass is 16.4. The molecule has 0 radical (unpaired) electrons. The van der Waals surface area contributed by atoms with Gasteiger partial charge in [-0.25, -0.2) is 4.98 Å². The number of amides is 17. The van der Waals surface area contributed by atoms with Crippen molar-refractivity contribution in [3.05, 3.63) is 120 Å². The van der Waals surface area contributed by atoms with Crippen molar-refractivity contribution in [3.63, 3.8) is 0 Å². The van der Waals surface area contributed by atoms with Crippen LogP contribution in [0.1, 0.15) is 140 Å². The van der Waals surface area contributed by atoms with Crippen LogP contribution in [0.3, 0.4) is 0 Å². The molecule has 0 unspecified atom stereocenters. The van der Waals surface area contributed by atoms with Crippen molar-refractivity contribution in [1.82, 2.24) is 103 Å². The number of nitrogens with two attached hydrogens (primary N) is 2. The van der Waals surface area contributed by atoms with Crippen LogP contribution < -0.4 is 70.0 Å². The van der Waals surface area contributed by atoms with Crippen LogP contribution >= 0.6 is 0 Å². The lowest BCUT2D eigenvalue weighted by Crippen LogP contribution is -2.61. The number of aromatic amines is 3. The number of para-hydroxylation sites is 2. The van der Waals surface area contributed by atoms with Gasteiger partial charge in [-0.2, -0.15) is 0 Å². The van der Waals surface area contributed by atoms with E-state index in [4.69, 9.17) is 11.5 Å². The van der Waals surface area contributed by atoms with Crippen molar-refractivity contribution in [2.75, 3.05) is 60.5 Å². The minimum absolute atomic E-state index is 0.00670. The standard InChI is InChI=1S/C89H122N22O22/c1-8-10-12-23-68-82(126)98-48(3)76(120)100-60(78(122)96-43-73(91)116)31-32-92-44-74(117)99-64(34-50-25-27-54(113)28-26-50)85(129)107(5)49(4)77(121)104-66(39-75(118)119)88(132)110-33-17-24-69(110)83(127)103-63(37-53-42-93-47-97-53)80(124)101-61(29-30-72(90)115)87(131)111-45-55(114)38-71(111)84(128)102-62(35-51-40-94-58-20-15-13-18-56(51)58)79(123)106-67(46-112)81(125)105-65(36-52-41-95-59-21-16-14-19-57(52)59)86(130)109(7)70(22-11-9-2)89(133)108(68)6/h13-16,18-21,25-28,40-42,47-49,55,60-71,92,94-95,112-114H,8-12,17,22-24,29-39,43-46H2,1-7H3,(H2,90,115)(H2,91,116)(H,93,97)(H,96,122)(H,98,126)(H,99,117)(H,100,120)(H,101,124)(H,102,128)(H,103,127)(H,104,121)(H,105,125)(H,106,123)(H,118,119)/t48-,49-,55+,60-,61-,62-,63-,64-,65-,66-,67-,68-,69-,70-,71-/m0/s1. The largest absolute Gasteiger partial charge is 0.508 e. The first-order chi connectivity index (χ1) is 63.4. The summed E-state index contributed by atoms with van der Waals surface area (Å²) in [7, 11) is 3.89. The Bertz CT molecular complexity index is 5160. The summed E-state index contributed by atoms with van der Waals surface area (Å²) in [6, 6.07) is -2.94. The van der Waals surface area contributed by atoms with E-state index in [1.54, 1.807) is 60.9 Å². The minimum atomic E-state index is -1.92. The zero-order valence-corrected chi connectivity index (χ0v) is 75.3. The number of H-pyrrole nitrogens is 3. The fraction of sp³-hybridized carbons (Fsp3) is 0.517. The Morgan fingerprint density at radius 1 is 0.526 bits per heavy atom. The number of aliphatic hydroxyl groups is 2. The number of primary amides is 2. The number of unbranched alkanes of at least 4 members (excludes halogenated alkanes) is 3. The zero-order chi connectivity index (χ0) is 97.0. The van der Waals surface area contributed by atoms with Crippen LogP contribution in [0.15, 0.2) is 97.7 Å². The fourth-order valence-electron chi connectivity index (χ4n) is 16.4. The Balaban J connectivity index is 1.08. The minimum Gasteiger partial charge on any atom is -0.508 e. The van der Waals surface area contributed by atoms with Crippen LogP contribution in [0.25, 0.3) is 21.8 Å². The number of hydrogen-bond donors (Lipinski definition) is 20. The molecule has 6 heterocycles. The number of nitrogens with one attached hydrogen (secondary N) is 14. The van der Waals surface area contributed by atoms with E-state index in [-0.39, 0.29) is 75.9 Å². The number of phenols is 1. The predicted molar refractivity (Wildman–Crippen MR) is 478 cm³/mol. The molecule has 0 aliphatic carbocycles. The van der Waals surface area contributed by atoms with E-state index < -0.39 is 255 Å². The molecule has 3 aliphatic heterocycles. The molecule has 15 atom stereocenters. The Labute approximate surface area is 766 Å². The summed E-state index contributed by atoms with van der Waals surface area (Å²) >= 11 is 0. The average Bonchev–Trinajstić information content (AvgIpc) is 1.64. The molecular weight excluding hydrogens is 1730 g/mol. The van der Waals surface area contributed by atoms with Crippen molar-refractivity contribution >= 4 is 128 Å². The number of carboxylic acid groups (broad SMARTS) is 1. The van der Waals surface area contributed by atoms with Gasteiger partial charge < -0.3 is 130 Å². The smallest absolute Gasteiger partial charge is 0.305 e. The number of likely N-dealkylation sites (N-methyl/N-ethyl adjacent to an activating group) is 3. The number of phenolic OH excluding ortho intramolecular Hbond substituents is 1. The molecule has 44 nitrogen and oxygen atoms in total. The second kappa shape index (κ2) is 48.8. The number of rotatable bonds is 24. The second-order valence-electron chi connectivity index (χ2n) is 33.8. The van der Waals surface area contributed by atoms with Crippen LogP contribution in [0.4, 0.5) is 0 Å². The van der Waals surface area contributed by atoms with Gasteiger partial charge in [0.25, 0.3) is 0 Å². The number of carbonyl (C=O) groups is 18. The second-order valence-corrected chi connectivity index (χ2v) is 33.8. The number of fused-ring (bicyclic) bond motifs is 4. The SMILES string of the molecule is CCCCC[C@H]1C(=O)N[C@@H](C)C(=O)N[C@H](C(=O)NCC(N)=O)CCNCC(=O)N[C@@H](Cc2ccc(O)cc2)C(=O)N(C)[C@@H](C)C(=O)N[C@@H](CC(=O)O)C(=O)N2CCC[C@H]2C(=O)N[C@@H](Cc2cnc[nH]2)C(=O)N[C@@H](CCC(N)=O)C(=O)N2C[C@H](O)C[C@H]2C(=O)N[C@@H](Cc2c[nH]c3ccccc23)C(=O)N[C@@H](CO)C(=O)N[C@@H](Cc2c[nH]c3ccccc23)C(=O)N(C)[C@@H](CCCC)C(=O)N1C. The number of aromatic hydroxyl groups is 1. The lowest BCUT2D eigenvalue weighted by molar-refractivity contribution is -0.149. The van der Waals surface area contributed by atoms with Gasteiger partial charge in [-0.15, -0.1) is 0 Å². The normalized spacial score (nSPS) is 25.0. The third-order valence-electron chi connectivity index (χ3n) is 24.0. The quantitative estimate of drug-likeness (QED) is 0.0259. The number of hydrogen-bond acceptors (Lipinski definition) is 23. The molecule has 22 N–H and O–H groups in total. The third-order valence-corrected chi connectivity index (χ3v) is 24.0. The van der Waals surface area contributed by atoms with E-state index in [9.17, 15) is 73.2 Å². The monoisotopic (exact) mass is 1850 g/mol. The van der Waals surface area contributed by atoms with Crippen LogP contribution in [0, 0.1) is 0 Å². The molecule has 3 aliphatic rings. The average molecular weight is 1850 g/mol. The van der Waals surface area contributed by atoms with Gasteiger partial charge in [0, 0.05) is 119 Å². The number of carboxylic acids is 1. The molecule has 17 amide bonds. The lowest BCUT2D eigenvalue weighted by Gasteiger charge is -2.36. The molecule has 720 valence electrons. The maximum absolute atomic E-state index is 15.7. The van der Waals surface area contributed by atoms with Crippen molar-refractivity contribution in [2.24, 2.45) is 11.5 Å². The first kappa shape index (κ1) is 103. The van der Waals surface area contributed by atoms with E-state index in [0.29, 0.717) is 70.6 Å². The maximum Gasteiger partial charge on any atom is 0.305 e. The summed E-state index contributed by atoms with van der Waals surface area (Å²) in [5.41, 5.74) is 13.8. The van der Waals surface area contributed by atoms with Gasteiger partial charge in [0.1, 0.15) is 90.3 Å². The Morgan fingerprint density at radius 3 is 1.69 bits per heavy atom. The molecule has 0 saturated carbocycles. The zero-order valence-electron chi connectivity index (χ0n) is 75.3. The number of aromatic nitrogens is 4. The highest BCUT2D eigenvalue weighted by Crippen LogP contribution is 2.28. The van der Waals surface area contributed by atoms with Crippen LogP contribution in [-0.4, -0.2) is 322 Å². The van der Waals surface area contributed by atoms with E-state index in [1.165, 1.54) is 71.8 Å². The van der Waals surface area contributed by atoms with Crippen LogP contribution in [-0.2, 0) is 112 Å². The van der Waals surface area contributed by atoms with E-state index in [2.05, 4.69) is 78.4 Å². The summed E-state index contributed by atoms with van der Waals surface area (Å²) < 4.78 is 0. The van der Waals surface area contributed by atoms with Crippen molar-refractivity contribution in [2.45, 2.75) is 234 Å². The topological polar surface area (TPSA) is 649 Å². The molecule has 3 aromatic carbocycles. The van der Waals surface area contributed by atoms with Gasteiger partial charge >= 0.3 is 5.97 Å². The molecule has 3 fully saturated rings. The molecule has 133 heavy (non-hydrogen) atoms. The summed E-state index contributed by atoms with van der Waals surface area (Å²) in [5, 5.41) is 72.8. The first-order valence-corrected chi connectivity index (χ1v) is 44.4. The Hall–Kier alpha value is -13.9. The molecule has 0 bridgehead atoms. The number of benzene rings is 3. The van der Waals surface area contributed by atoms with Gasteiger partial charge in [-0.05, 0) is 99.9 Å². The third kappa shape index (κ3) is 28.3. The molecular formula is C89H122N22O22. The van der Waals surface area contributed by atoms with Gasteiger partial charge in [-0.3, -0.25) is 86.3 Å². The van der Waals surface area contributed by atoms with E-state index in [1.807, 2.05) is 13.8 Å². The van der Waals surface area contributed by atoms with Crippen LogP contribution in [0.5, 0.6) is 5.75 Å². The number of aliphatic hydroxyl groups excluding tert-OH is 2. The van der Waals surface area contributed by atoms with Crippen molar-refractivity contribution in [3.8, 4) is 5.75 Å². The van der Waals surface area contributed by atoms with E-state index >= 15 is 33.6 Å². The molecule has 9 rings (SSSR count). The number of imidazole rings is 1. The number of aliphatic carboxylic acids is 1. The lowest BCUT2D eigenvalue weighted by atomic mass is 10.00. The number of nitrogens with zero attached hydrogens (tertiary/aromatic N) is 6. The molecule has 6 aromatic rings. The van der Waals surface area contributed by atoms with Crippen molar-refractivity contribution in [1.29, 1.82) is 0 Å². The Kier molecular flexibility index (Phi) is 37.7. The van der Waals surface area contributed by atoms with Crippen LogP contribution in [0.2, 0.25) is 0 Å². The summed E-state index contributed by atoms with van der Waals surface area (Å²) in [6.07, 6.45) is 2.59.